The van der Waals surface area contributed by atoms with Crippen LogP contribution in [-0.2, 0) is 6.18 Å². The zero-order chi connectivity index (χ0) is 13.3. The SMILES string of the molecule is CC1CCC(Nc2ncc(Br)cc2C(F)(F)F)C1. The van der Waals surface area contributed by atoms with Crippen molar-refractivity contribution in [1.29, 1.82) is 0 Å². The molecule has 0 bridgehead atoms. The lowest BCUT2D eigenvalue weighted by atomic mass is 10.1. The van der Waals surface area contributed by atoms with E-state index in [2.05, 4.69) is 33.2 Å². The molecule has 0 saturated heterocycles. The van der Waals surface area contributed by atoms with Crippen molar-refractivity contribution < 1.29 is 13.2 Å². The smallest absolute Gasteiger partial charge is 0.367 e. The fraction of sp³-hybridized carbons (Fsp3) is 0.583. The number of aromatic nitrogens is 1. The minimum Gasteiger partial charge on any atom is -0.367 e. The van der Waals surface area contributed by atoms with Gasteiger partial charge in [0.2, 0.25) is 0 Å². The lowest BCUT2D eigenvalue weighted by molar-refractivity contribution is -0.137. The Morgan fingerprint density at radius 1 is 1.39 bits per heavy atom. The quantitative estimate of drug-likeness (QED) is 0.869. The predicted octanol–water partition coefficient (Wildman–Crippen LogP) is 4.46. The summed E-state index contributed by atoms with van der Waals surface area (Å²) in [5.74, 6) is 0.497. The minimum atomic E-state index is -4.39. The summed E-state index contributed by atoms with van der Waals surface area (Å²) in [5.41, 5.74) is -0.712. The van der Waals surface area contributed by atoms with Crippen molar-refractivity contribution in [3.63, 3.8) is 0 Å². The van der Waals surface area contributed by atoms with E-state index in [4.69, 9.17) is 0 Å². The van der Waals surface area contributed by atoms with Crippen LogP contribution < -0.4 is 5.32 Å². The monoisotopic (exact) mass is 322 g/mol. The summed E-state index contributed by atoms with van der Waals surface area (Å²) < 4.78 is 39.0. The first-order chi connectivity index (χ1) is 8.36. The standard InChI is InChI=1S/C12H14BrF3N2/c1-7-2-3-9(4-7)18-11-10(12(14,15)16)5-8(13)6-17-11/h5-7,9H,2-4H2,1H3,(H,17,18). The molecular formula is C12H14BrF3N2. The molecule has 0 radical (unpaired) electrons. The maximum Gasteiger partial charge on any atom is 0.419 e. The van der Waals surface area contributed by atoms with E-state index in [-0.39, 0.29) is 11.9 Å². The normalized spacial score (nSPS) is 24.3. The van der Waals surface area contributed by atoms with E-state index in [1.165, 1.54) is 6.20 Å². The summed E-state index contributed by atoms with van der Waals surface area (Å²) >= 11 is 3.02. The highest BCUT2D eigenvalue weighted by atomic mass is 79.9. The maximum absolute atomic E-state index is 12.9. The fourth-order valence-electron chi connectivity index (χ4n) is 2.30. The number of halogens is 4. The number of hydrogen-bond donors (Lipinski definition) is 1. The molecule has 2 nitrogen and oxygen atoms in total. The lowest BCUT2D eigenvalue weighted by Crippen LogP contribution is -2.20. The van der Waals surface area contributed by atoms with E-state index < -0.39 is 11.7 Å². The van der Waals surface area contributed by atoms with Crippen molar-refractivity contribution in [2.75, 3.05) is 5.32 Å². The number of anilines is 1. The van der Waals surface area contributed by atoms with Crippen molar-refractivity contribution in [3.8, 4) is 0 Å². The van der Waals surface area contributed by atoms with Gasteiger partial charge in [-0.3, -0.25) is 0 Å². The molecule has 0 aromatic carbocycles. The van der Waals surface area contributed by atoms with Crippen LogP contribution in [0.4, 0.5) is 19.0 Å². The molecule has 0 aliphatic heterocycles. The third-order valence-corrected chi connectivity index (χ3v) is 3.63. The minimum absolute atomic E-state index is 0.0650. The Morgan fingerprint density at radius 2 is 2.11 bits per heavy atom. The highest BCUT2D eigenvalue weighted by Gasteiger charge is 2.35. The Balaban J connectivity index is 2.22. The zero-order valence-electron chi connectivity index (χ0n) is 9.89. The Hall–Kier alpha value is -0.780. The van der Waals surface area contributed by atoms with Gasteiger partial charge in [-0.15, -0.1) is 0 Å². The van der Waals surface area contributed by atoms with Gasteiger partial charge in [-0.1, -0.05) is 6.92 Å². The first kappa shape index (κ1) is 13.6. The maximum atomic E-state index is 12.9. The molecule has 1 saturated carbocycles. The van der Waals surface area contributed by atoms with Crippen LogP contribution in [-0.4, -0.2) is 11.0 Å². The van der Waals surface area contributed by atoms with Gasteiger partial charge in [0, 0.05) is 16.7 Å². The van der Waals surface area contributed by atoms with Crippen molar-refractivity contribution in [1.82, 2.24) is 4.98 Å². The molecule has 0 spiro atoms. The summed E-state index contributed by atoms with van der Waals surface area (Å²) in [5, 5.41) is 2.92. The molecule has 2 unspecified atom stereocenters. The molecule has 1 aromatic heterocycles. The largest absolute Gasteiger partial charge is 0.419 e. The zero-order valence-corrected chi connectivity index (χ0v) is 11.5. The van der Waals surface area contributed by atoms with E-state index in [1.807, 2.05) is 0 Å². The van der Waals surface area contributed by atoms with Gasteiger partial charge < -0.3 is 5.32 Å². The molecule has 1 aliphatic carbocycles. The van der Waals surface area contributed by atoms with Gasteiger partial charge in [0.15, 0.2) is 0 Å². The molecule has 2 rings (SSSR count). The van der Waals surface area contributed by atoms with Crippen LogP contribution in [0.15, 0.2) is 16.7 Å². The average molecular weight is 323 g/mol. The number of nitrogens with one attached hydrogen (secondary N) is 1. The molecule has 100 valence electrons. The molecule has 1 fully saturated rings. The molecule has 2 atom stereocenters. The van der Waals surface area contributed by atoms with Crippen molar-refractivity contribution in [2.45, 2.75) is 38.4 Å². The van der Waals surface area contributed by atoms with Crippen LogP contribution in [0.3, 0.4) is 0 Å². The topological polar surface area (TPSA) is 24.9 Å². The van der Waals surface area contributed by atoms with Gasteiger partial charge in [-0.2, -0.15) is 13.2 Å². The summed E-state index contributed by atoms with van der Waals surface area (Å²) in [6, 6.07) is 1.16. The highest BCUT2D eigenvalue weighted by Crippen LogP contribution is 2.37. The van der Waals surface area contributed by atoms with Crippen LogP contribution in [0, 0.1) is 5.92 Å². The van der Waals surface area contributed by atoms with E-state index in [0.29, 0.717) is 10.4 Å². The number of rotatable bonds is 2. The van der Waals surface area contributed by atoms with Gasteiger partial charge in [0.05, 0.1) is 5.56 Å². The van der Waals surface area contributed by atoms with Gasteiger partial charge in [0.25, 0.3) is 0 Å². The molecule has 1 heterocycles. The van der Waals surface area contributed by atoms with E-state index in [1.54, 1.807) is 0 Å². The van der Waals surface area contributed by atoms with Gasteiger partial charge in [-0.25, -0.2) is 4.98 Å². The fourth-order valence-corrected chi connectivity index (χ4v) is 2.63. The number of alkyl halides is 3. The lowest BCUT2D eigenvalue weighted by Gasteiger charge is -2.18. The third-order valence-electron chi connectivity index (χ3n) is 3.20. The summed E-state index contributed by atoms with van der Waals surface area (Å²) in [6.07, 6.45) is -0.153. The average Bonchev–Trinajstić information content (AvgIpc) is 2.65. The van der Waals surface area contributed by atoms with Crippen molar-refractivity contribution in [3.05, 3.63) is 22.3 Å². The van der Waals surface area contributed by atoms with Gasteiger partial charge in [0.1, 0.15) is 5.82 Å². The Morgan fingerprint density at radius 3 is 2.67 bits per heavy atom. The Labute approximate surface area is 112 Å². The third kappa shape index (κ3) is 3.16. The highest BCUT2D eigenvalue weighted by molar-refractivity contribution is 9.10. The van der Waals surface area contributed by atoms with Crippen LogP contribution in [0.2, 0.25) is 0 Å². The summed E-state index contributed by atoms with van der Waals surface area (Å²) in [4.78, 5) is 3.86. The van der Waals surface area contributed by atoms with Crippen LogP contribution >= 0.6 is 15.9 Å². The molecule has 1 aromatic rings. The summed E-state index contributed by atoms with van der Waals surface area (Å²) in [7, 11) is 0. The Kier molecular flexibility index (Phi) is 3.84. The number of pyridine rings is 1. The van der Waals surface area contributed by atoms with E-state index in [0.717, 1.165) is 25.3 Å². The molecule has 1 aliphatic rings. The van der Waals surface area contributed by atoms with Gasteiger partial charge in [-0.05, 0) is 47.2 Å². The van der Waals surface area contributed by atoms with Crippen LogP contribution in [0.1, 0.15) is 31.7 Å². The van der Waals surface area contributed by atoms with Crippen molar-refractivity contribution >= 4 is 21.7 Å². The first-order valence-corrected chi connectivity index (χ1v) is 6.65. The molecule has 0 amide bonds. The summed E-state index contributed by atoms with van der Waals surface area (Å²) in [6.45, 7) is 2.11. The molecule has 18 heavy (non-hydrogen) atoms. The molecule has 6 heteroatoms. The Bertz CT molecular complexity index is 434. The van der Waals surface area contributed by atoms with Crippen LogP contribution in [0.25, 0.3) is 0 Å². The second kappa shape index (κ2) is 5.07. The predicted molar refractivity (Wildman–Crippen MR) is 67.4 cm³/mol. The van der Waals surface area contributed by atoms with Gasteiger partial charge >= 0.3 is 6.18 Å². The first-order valence-electron chi connectivity index (χ1n) is 5.85. The second-order valence-electron chi connectivity index (χ2n) is 4.81. The van der Waals surface area contributed by atoms with Crippen molar-refractivity contribution in [2.24, 2.45) is 5.92 Å². The number of hydrogen-bond acceptors (Lipinski definition) is 2. The molecular weight excluding hydrogens is 309 g/mol. The van der Waals surface area contributed by atoms with E-state index >= 15 is 0 Å². The van der Waals surface area contributed by atoms with Crippen LogP contribution in [0.5, 0.6) is 0 Å². The number of nitrogens with zero attached hydrogens (tertiary/aromatic N) is 1. The molecule has 1 N–H and O–H groups in total. The second-order valence-corrected chi connectivity index (χ2v) is 5.72. The van der Waals surface area contributed by atoms with E-state index in [9.17, 15) is 13.2 Å².